The van der Waals surface area contributed by atoms with Crippen LogP contribution in [0.25, 0.3) is 0 Å². The molecule has 94 valence electrons. The van der Waals surface area contributed by atoms with Crippen LogP contribution in [0.1, 0.15) is 64.7 Å². The van der Waals surface area contributed by atoms with Crippen LogP contribution < -0.4 is 0 Å². The smallest absolute Gasteiger partial charge is 0.0568 e. The maximum atomic E-state index is 10.1. The second kappa shape index (κ2) is 7.89. The first kappa shape index (κ1) is 13.8. The van der Waals surface area contributed by atoms with Crippen LogP contribution >= 0.6 is 0 Å². The molecule has 0 amide bonds. The fraction of sp³-hybridized carbons (Fsp3) is 0.867. The topological polar surface area (TPSA) is 20.2 Å². The van der Waals surface area contributed by atoms with Crippen LogP contribution in [0.15, 0.2) is 12.7 Å². The number of aliphatic hydroxyl groups is 1. The molecule has 0 aliphatic heterocycles. The Morgan fingerprint density at radius 1 is 1.31 bits per heavy atom. The van der Waals surface area contributed by atoms with Crippen LogP contribution in [0, 0.1) is 11.8 Å². The molecule has 0 saturated heterocycles. The van der Waals surface area contributed by atoms with Crippen molar-refractivity contribution >= 4 is 0 Å². The maximum Gasteiger partial charge on any atom is 0.0568 e. The van der Waals surface area contributed by atoms with E-state index >= 15 is 0 Å². The molecule has 1 aliphatic rings. The van der Waals surface area contributed by atoms with E-state index in [-0.39, 0.29) is 6.10 Å². The number of unbranched alkanes of at least 4 members (excludes halogenated alkanes) is 3. The van der Waals surface area contributed by atoms with E-state index in [0.29, 0.717) is 5.92 Å². The average molecular weight is 224 g/mol. The molecule has 3 unspecified atom stereocenters. The largest absolute Gasteiger partial charge is 0.393 e. The van der Waals surface area contributed by atoms with E-state index < -0.39 is 0 Å². The summed E-state index contributed by atoms with van der Waals surface area (Å²) in [6.45, 7) is 6.05. The van der Waals surface area contributed by atoms with E-state index in [9.17, 15) is 5.11 Å². The average Bonchev–Trinajstić information content (AvgIpc) is 2.28. The molecule has 0 spiro atoms. The molecule has 1 rings (SSSR count). The second-order valence-electron chi connectivity index (χ2n) is 5.53. The minimum absolute atomic E-state index is 0.0357. The van der Waals surface area contributed by atoms with Crippen molar-refractivity contribution in [2.75, 3.05) is 0 Å². The van der Waals surface area contributed by atoms with E-state index in [4.69, 9.17) is 0 Å². The van der Waals surface area contributed by atoms with Crippen molar-refractivity contribution in [1.82, 2.24) is 0 Å². The first-order chi connectivity index (χ1) is 7.74. The molecular weight excluding hydrogens is 196 g/mol. The van der Waals surface area contributed by atoms with E-state index in [1.807, 2.05) is 6.08 Å². The van der Waals surface area contributed by atoms with Gasteiger partial charge in [0.2, 0.25) is 0 Å². The Balaban J connectivity index is 2.08. The number of rotatable bonds is 7. The SMILES string of the molecule is C=CCCCCCC(O)C1CCCC(C)C1. The lowest BCUT2D eigenvalue weighted by Crippen LogP contribution is -2.25. The van der Waals surface area contributed by atoms with Gasteiger partial charge in [0.25, 0.3) is 0 Å². The molecular formula is C15H28O. The van der Waals surface area contributed by atoms with Crippen molar-refractivity contribution in [2.45, 2.75) is 70.8 Å². The highest BCUT2D eigenvalue weighted by Crippen LogP contribution is 2.32. The normalized spacial score (nSPS) is 27.6. The lowest BCUT2D eigenvalue weighted by atomic mass is 9.78. The van der Waals surface area contributed by atoms with Gasteiger partial charge in [-0.2, -0.15) is 0 Å². The lowest BCUT2D eigenvalue weighted by Gasteiger charge is -2.30. The Bertz CT molecular complexity index is 188. The Labute approximate surface area is 101 Å². The van der Waals surface area contributed by atoms with E-state index in [1.165, 1.54) is 44.9 Å². The van der Waals surface area contributed by atoms with Crippen LogP contribution in [-0.2, 0) is 0 Å². The third-order valence-corrected chi connectivity index (χ3v) is 3.93. The van der Waals surface area contributed by atoms with E-state index in [2.05, 4.69) is 13.5 Å². The summed E-state index contributed by atoms with van der Waals surface area (Å²) < 4.78 is 0. The third kappa shape index (κ3) is 5.16. The van der Waals surface area contributed by atoms with Crippen LogP contribution in [0.3, 0.4) is 0 Å². The highest BCUT2D eigenvalue weighted by atomic mass is 16.3. The molecule has 3 atom stereocenters. The summed E-state index contributed by atoms with van der Waals surface area (Å²) >= 11 is 0. The van der Waals surface area contributed by atoms with Gasteiger partial charge in [-0.1, -0.05) is 38.7 Å². The van der Waals surface area contributed by atoms with Crippen molar-refractivity contribution in [3.05, 3.63) is 12.7 Å². The Hall–Kier alpha value is -0.300. The van der Waals surface area contributed by atoms with Crippen LogP contribution in [-0.4, -0.2) is 11.2 Å². The molecule has 1 N–H and O–H groups in total. The molecule has 0 heterocycles. The Morgan fingerprint density at radius 2 is 2.12 bits per heavy atom. The van der Waals surface area contributed by atoms with Gasteiger partial charge in [-0.05, 0) is 43.9 Å². The zero-order chi connectivity index (χ0) is 11.8. The summed E-state index contributed by atoms with van der Waals surface area (Å²) in [5.74, 6) is 1.41. The predicted molar refractivity (Wildman–Crippen MR) is 70.4 cm³/mol. The maximum absolute atomic E-state index is 10.1. The second-order valence-corrected chi connectivity index (χ2v) is 5.53. The highest BCUT2D eigenvalue weighted by molar-refractivity contribution is 4.76. The summed E-state index contributed by atoms with van der Waals surface area (Å²) in [6.07, 6.45) is 12.9. The fourth-order valence-electron chi connectivity index (χ4n) is 2.89. The molecule has 0 bridgehead atoms. The summed E-state index contributed by atoms with van der Waals surface area (Å²) in [5.41, 5.74) is 0. The monoisotopic (exact) mass is 224 g/mol. The van der Waals surface area contributed by atoms with Gasteiger partial charge in [-0.15, -0.1) is 6.58 Å². The summed E-state index contributed by atoms with van der Waals surface area (Å²) in [7, 11) is 0. The molecule has 16 heavy (non-hydrogen) atoms. The Morgan fingerprint density at radius 3 is 2.81 bits per heavy atom. The Kier molecular flexibility index (Phi) is 6.79. The molecule has 1 nitrogen and oxygen atoms in total. The van der Waals surface area contributed by atoms with Crippen molar-refractivity contribution in [1.29, 1.82) is 0 Å². The van der Waals surface area contributed by atoms with Gasteiger partial charge in [0.05, 0.1) is 6.10 Å². The zero-order valence-corrected chi connectivity index (χ0v) is 10.8. The lowest BCUT2D eigenvalue weighted by molar-refractivity contribution is 0.0627. The van der Waals surface area contributed by atoms with Crippen molar-refractivity contribution in [3.63, 3.8) is 0 Å². The van der Waals surface area contributed by atoms with Crippen LogP contribution in [0.4, 0.5) is 0 Å². The molecule has 0 radical (unpaired) electrons. The first-order valence-corrected chi connectivity index (χ1v) is 7.03. The highest BCUT2D eigenvalue weighted by Gasteiger charge is 2.24. The molecule has 0 aromatic carbocycles. The van der Waals surface area contributed by atoms with E-state index in [0.717, 1.165) is 18.8 Å². The fourth-order valence-corrected chi connectivity index (χ4v) is 2.89. The first-order valence-electron chi connectivity index (χ1n) is 7.03. The quantitative estimate of drug-likeness (QED) is 0.504. The summed E-state index contributed by atoms with van der Waals surface area (Å²) in [5, 5.41) is 10.1. The minimum atomic E-state index is -0.0357. The van der Waals surface area contributed by atoms with Gasteiger partial charge in [0.15, 0.2) is 0 Å². The number of allylic oxidation sites excluding steroid dienone is 1. The molecule has 0 aromatic heterocycles. The van der Waals surface area contributed by atoms with E-state index in [1.54, 1.807) is 0 Å². The van der Waals surface area contributed by atoms with Gasteiger partial charge < -0.3 is 5.11 Å². The van der Waals surface area contributed by atoms with Gasteiger partial charge in [-0.25, -0.2) is 0 Å². The predicted octanol–water partition coefficient (Wildman–Crippen LogP) is 4.31. The molecule has 1 aliphatic carbocycles. The van der Waals surface area contributed by atoms with Gasteiger partial charge in [-0.3, -0.25) is 0 Å². The molecule has 0 aromatic rings. The number of aliphatic hydroxyl groups excluding tert-OH is 1. The molecule has 1 fully saturated rings. The van der Waals surface area contributed by atoms with Crippen molar-refractivity contribution < 1.29 is 5.11 Å². The summed E-state index contributed by atoms with van der Waals surface area (Å²) in [4.78, 5) is 0. The van der Waals surface area contributed by atoms with Crippen molar-refractivity contribution in [2.24, 2.45) is 11.8 Å². The minimum Gasteiger partial charge on any atom is -0.393 e. The molecule has 1 saturated carbocycles. The third-order valence-electron chi connectivity index (χ3n) is 3.93. The standard InChI is InChI=1S/C15H28O/c1-3-4-5-6-7-11-15(16)14-10-8-9-13(2)12-14/h3,13-16H,1,4-12H2,2H3. The van der Waals surface area contributed by atoms with Crippen molar-refractivity contribution in [3.8, 4) is 0 Å². The summed E-state index contributed by atoms with van der Waals surface area (Å²) in [6, 6.07) is 0. The van der Waals surface area contributed by atoms with Crippen LogP contribution in [0.2, 0.25) is 0 Å². The number of hydrogen-bond acceptors (Lipinski definition) is 1. The molecule has 1 heteroatoms. The van der Waals surface area contributed by atoms with Crippen LogP contribution in [0.5, 0.6) is 0 Å². The van der Waals surface area contributed by atoms with Gasteiger partial charge in [0.1, 0.15) is 0 Å². The zero-order valence-electron chi connectivity index (χ0n) is 10.8. The van der Waals surface area contributed by atoms with Gasteiger partial charge >= 0.3 is 0 Å². The number of hydrogen-bond donors (Lipinski definition) is 1. The van der Waals surface area contributed by atoms with Gasteiger partial charge in [0, 0.05) is 0 Å².